The molecule has 1 fully saturated rings. The van der Waals surface area contributed by atoms with Crippen LogP contribution < -0.4 is 15.5 Å². The zero-order chi connectivity index (χ0) is 22.8. The van der Waals surface area contributed by atoms with Crippen LogP contribution in [0.15, 0.2) is 59.5 Å². The van der Waals surface area contributed by atoms with E-state index in [0.717, 1.165) is 47.6 Å². The lowest BCUT2D eigenvalue weighted by molar-refractivity contribution is 0.589. The van der Waals surface area contributed by atoms with Crippen molar-refractivity contribution in [1.29, 1.82) is 5.26 Å². The number of halogens is 1. The number of aromatic nitrogens is 4. The molecule has 3 aromatic heterocycles. The first kappa shape index (κ1) is 21.4. The van der Waals surface area contributed by atoms with Crippen molar-refractivity contribution in [3.05, 3.63) is 70.6 Å². The van der Waals surface area contributed by atoms with E-state index in [2.05, 4.69) is 83.7 Å². The Bertz CT molecular complexity index is 1320. The fourth-order valence-corrected chi connectivity index (χ4v) is 4.50. The number of benzene rings is 1. The van der Waals surface area contributed by atoms with Crippen LogP contribution >= 0.6 is 15.9 Å². The molecule has 0 bridgehead atoms. The summed E-state index contributed by atoms with van der Waals surface area (Å²) < 4.78 is 2.79. The maximum absolute atomic E-state index is 9.63. The van der Waals surface area contributed by atoms with Crippen LogP contribution in [0.1, 0.15) is 24.1 Å². The molecule has 5 rings (SSSR count). The first-order valence-electron chi connectivity index (χ1n) is 10.9. The normalized spacial score (nSPS) is 14.8. The first-order chi connectivity index (χ1) is 16.1. The third-order valence-corrected chi connectivity index (χ3v) is 6.48. The van der Waals surface area contributed by atoms with Gasteiger partial charge in [-0.15, -0.1) is 0 Å². The number of piperazine rings is 1. The van der Waals surface area contributed by atoms with Gasteiger partial charge in [0.25, 0.3) is 0 Å². The van der Waals surface area contributed by atoms with Crippen molar-refractivity contribution in [2.45, 2.75) is 13.0 Å². The van der Waals surface area contributed by atoms with Gasteiger partial charge in [0.05, 0.1) is 34.2 Å². The predicted octanol–water partition coefficient (Wildman–Crippen LogP) is 4.01. The molecule has 166 valence electrons. The molecule has 8 nitrogen and oxygen atoms in total. The average molecular weight is 503 g/mol. The highest BCUT2D eigenvalue weighted by atomic mass is 79.9. The molecule has 4 heterocycles. The molecule has 0 unspecified atom stereocenters. The third-order valence-electron chi connectivity index (χ3n) is 5.86. The van der Waals surface area contributed by atoms with Gasteiger partial charge in [0, 0.05) is 38.1 Å². The van der Waals surface area contributed by atoms with Gasteiger partial charge in [-0.25, -0.2) is 15.0 Å². The molecule has 0 amide bonds. The third kappa shape index (κ3) is 4.27. The minimum absolute atomic E-state index is 0.000753. The Balaban J connectivity index is 1.40. The van der Waals surface area contributed by atoms with Crippen molar-refractivity contribution in [3.8, 4) is 17.5 Å². The van der Waals surface area contributed by atoms with Crippen LogP contribution in [0.2, 0.25) is 0 Å². The van der Waals surface area contributed by atoms with E-state index < -0.39 is 0 Å². The highest BCUT2D eigenvalue weighted by Gasteiger charge is 2.17. The Kier molecular flexibility index (Phi) is 5.94. The molecule has 0 saturated carbocycles. The Morgan fingerprint density at radius 1 is 1.12 bits per heavy atom. The fraction of sp³-hybridized carbons (Fsp3) is 0.250. The highest BCUT2D eigenvalue weighted by molar-refractivity contribution is 9.10. The van der Waals surface area contributed by atoms with Crippen LogP contribution in [0.25, 0.3) is 17.0 Å². The summed E-state index contributed by atoms with van der Waals surface area (Å²) in [4.78, 5) is 15.9. The monoisotopic (exact) mass is 502 g/mol. The average Bonchev–Trinajstić information content (AvgIpc) is 3.30. The molecule has 0 spiro atoms. The summed E-state index contributed by atoms with van der Waals surface area (Å²) in [6.07, 6.45) is 5.19. The maximum Gasteiger partial charge on any atom is 0.223 e. The summed E-state index contributed by atoms with van der Waals surface area (Å²) in [5, 5.41) is 16.4. The summed E-state index contributed by atoms with van der Waals surface area (Å²) in [5.41, 5.74) is 4.83. The molecule has 2 N–H and O–H groups in total. The van der Waals surface area contributed by atoms with Crippen molar-refractivity contribution in [1.82, 2.24) is 24.7 Å². The zero-order valence-corrected chi connectivity index (χ0v) is 19.7. The van der Waals surface area contributed by atoms with E-state index in [9.17, 15) is 5.26 Å². The number of pyridine rings is 1. The SMILES string of the molecule is C[C@H](Nc1ncc(C#N)c(-c2cnc3c(Br)cccn23)n1)c1ccc(N2CCNCC2)cc1. The molecule has 0 radical (unpaired) electrons. The predicted molar refractivity (Wildman–Crippen MR) is 132 cm³/mol. The van der Waals surface area contributed by atoms with E-state index in [-0.39, 0.29) is 6.04 Å². The summed E-state index contributed by atoms with van der Waals surface area (Å²) in [7, 11) is 0. The van der Waals surface area contributed by atoms with Gasteiger partial charge in [-0.1, -0.05) is 12.1 Å². The van der Waals surface area contributed by atoms with E-state index in [1.807, 2.05) is 22.7 Å². The summed E-state index contributed by atoms with van der Waals surface area (Å²) >= 11 is 3.52. The summed E-state index contributed by atoms with van der Waals surface area (Å²) in [5.74, 6) is 0.465. The smallest absolute Gasteiger partial charge is 0.223 e. The Labute approximate surface area is 200 Å². The maximum atomic E-state index is 9.63. The zero-order valence-electron chi connectivity index (χ0n) is 18.2. The van der Waals surface area contributed by atoms with Crippen molar-refractivity contribution in [3.63, 3.8) is 0 Å². The van der Waals surface area contributed by atoms with E-state index in [4.69, 9.17) is 0 Å². The minimum atomic E-state index is -0.000753. The van der Waals surface area contributed by atoms with Gasteiger partial charge in [0.2, 0.25) is 5.95 Å². The number of rotatable bonds is 5. The molecule has 9 heteroatoms. The second-order valence-electron chi connectivity index (χ2n) is 7.96. The van der Waals surface area contributed by atoms with E-state index in [1.165, 1.54) is 5.69 Å². The lowest BCUT2D eigenvalue weighted by atomic mass is 10.1. The van der Waals surface area contributed by atoms with Crippen LogP contribution in [-0.4, -0.2) is 45.5 Å². The second kappa shape index (κ2) is 9.17. The quantitative estimate of drug-likeness (QED) is 0.425. The number of nitrogens with zero attached hydrogens (tertiary/aromatic N) is 6. The van der Waals surface area contributed by atoms with Gasteiger partial charge in [-0.05, 0) is 52.7 Å². The molecule has 0 aliphatic carbocycles. The number of hydrogen-bond acceptors (Lipinski definition) is 7. The van der Waals surface area contributed by atoms with Crippen molar-refractivity contribution >= 4 is 33.2 Å². The topological polar surface area (TPSA) is 94.2 Å². The van der Waals surface area contributed by atoms with E-state index in [1.54, 1.807) is 12.4 Å². The molecule has 1 aromatic carbocycles. The molecule has 1 aliphatic heterocycles. The van der Waals surface area contributed by atoms with Gasteiger partial charge in [-0.3, -0.25) is 4.40 Å². The van der Waals surface area contributed by atoms with E-state index >= 15 is 0 Å². The lowest BCUT2D eigenvalue weighted by Crippen LogP contribution is -2.43. The van der Waals surface area contributed by atoms with Gasteiger partial charge < -0.3 is 15.5 Å². The molecule has 1 atom stereocenters. The van der Waals surface area contributed by atoms with Crippen LogP contribution in [0.4, 0.5) is 11.6 Å². The Morgan fingerprint density at radius 3 is 2.67 bits per heavy atom. The summed E-state index contributed by atoms with van der Waals surface area (Å²) in [6.45, 7) is 6.15. The Hall–Kier alpha value is -3.48. The number of hydrogen-bond donors (Lipinski definition) is 2. The number of fused-ring (bicyclic) bond motifs is 1. The van der Waals surface area contributed by atoms with Gasteiger partial charge in [0.1, 0.15) is 11.8 Å². The number of nitrogens with one attached hydrogen (secondary N) is 2. The first-order valence-corrected chi connectivity index (χ1v) is 11.6. The summed E-state index contributed by atoms with van der Waals surface area (Å²) in [6, 6.07) is 14.7. The molecular weight excluding hydrogens is 480 g/mol. The standard InChI is InChI=1S/C24H23BrN8/c1-16(17-4-6-19(7-5-17)32-11-8-27-9-12-32)30-24-29-14-18(13-26)22(31-24)21-15-28-23-20(25)3-2-10-33(21)23/h2-7,10,14-16,27H,8-9,11-12H2,1H3,(H,29,30,31)/t16-/m0/s1. The number of anilines is 2. The number of imidazole rings is 1. The minimum Gasteiger partial charge on any atom is -0.369 e. The Morgan fingerprint density at radius 2 is 1.91 bits per heavy atom. The highest BCUT2D eigenvalue weighted by Crippen LogP contribution is 2.27. The van der Waals surface area contributed by atoms with Crippen LogP contribution in [-0.2, 0) is 0 Å². The van der Waals surface area contributed by atoms with E-state index in [0.29, 0.717) is 17.2 Å². The largest absolute Gasteiger partial charge is 0.369 e. The molecule has 1 aliphatic rings. The van der Waals surface area contributed by atoms with Gasteiger partial charge in [0.15, 0.2) is 5.65 Å². The lowest BCUT2D eigenvalue weighted by Gasteiger charge is -2.29. The van der Waals surface area contributed by atoms with Gasteiger partial charge in [-0.2, -0.15) is 5.26 Å². The molecule has 33 heavy (non-hydrogen) atoms. The van der Waals surface area contributed by atoms with Crippen LogP contribution in [0.3, 0.4) is 0 Å². The number of nitriles is 1. The van der Waals surface area contributed by atoms with Crippen molar-refractivity contribution in [2.75, 3.05) is 36.4 Å². The molecule has 4 aromatic rings. The molecular formula is C24H23BrN8. The van der Waals surface area contributed by atoms with Crippen LogP contribution in [0, 0.1) is 11.3 Å². The van der Waals surface area contributed by atoms with Crippen LogP contribution in [0.5, 0.6) is 0 Å². The van der Waals surface area contributed by atoms with Crippen molar-refractivity contribution < 1.29 is 0 Å². The van der Waals surface area contributed by atoms with Crippen molar-refractivity contribution in [2.24, 2.45) is 0 Å². The fourth-order valence-electron chi connectivity index (χ4n) is 4.05. The van der Waals surface area contributed by atoms with Gasteiger partial charge >= 0.3 is 0 Å². The second-order valence-corrected chi connectivity index (χ2v) is 8.81. The molecule has 1 saturated heterocycles.